The number of carbonyl (C=O) groups is 1. The van der Waals surface area contributed by atoms with E-state index < -0.39 is 0 Å². The van der Waals surface area contributed by atoms with E-state index in [0.29, 0.717) is 0 Å². The highest BCUT2D eigenvalue weighted by Gasteiger charge is 2.26. The summed E-state index contributed by atoms with van der Waals surface area (Å²) >= 11 is 0. The summed E-state index contributed by atoms with van der Waals surface area (Å²) in [7, 11) is 0. The second-order valence-corrected chi connectivity index (χ2v) is 7.49. The lowest BCUT2D eigenvalue weighted by atomic mass is 9.96. The number of amides is 1. The molecule has 138 valence electrons. The van der Waals surface area contributed by atoms with Crippen LogP contribution in [-0.2, 0) is 17.8 Å². The van der Waals surface area contributed by atoms with Crippen LogP contribution in [0.1, 0.15) is 37.3 Å². The van der Waals surface area contributed by atoms with Gasteiger partial charge in [0, 0.05) is 19.1 Å². The fraction of sp³-hybridized carbons (Fsp3) is 0.435. The highest BCUT2D eigenvalue weighted by Crippen LogP contribution is 2.19. The molecule has 1 fully saturated rings. The van der Waals surface area contributed by atoms with Crippen LogP contribution in [0.5, 0.6) is 0 Å². The molecule has 0 aromatic heterocycles. The predicted molar refractivity (Wildman–Crippen MR) is 107 cm³/mol. The lowest BCUT2D eigenvalue weighted by molar-refractivity contribution is -0.127. The molecule has 0 aliphatic carbocycles. The molecule has 1 aliphatic heterocycles. The molecule has 26 heavy (non-hydrogen) atoms. The first-order chi connectivity index (χ1) is 12.7. The summed E-state index contributed by atoms with van der Waals surface area (Å²) in [5, 5.41) is 3.24. The van der Waals surface area contributed by atoms with Gasteiger partial charge in [-0.2, -0.15) is 0 Å². The fourth-order valence-corrected chi connectivity index (χ4v) is 3.72. The van der Waals surface area contributed by atoms with Crippen LogP contribution in [-0.4, -0.2) is 29.9 Å². The Labute approximate surface area is 157 Å². The van der Waals surface area contributed by atoms with E-state index in [0.717, 1.165) is 45.3 Å². The van der Waals surface area contributed by atoms with E-state index in [1.165, 1.54) is 11.1 Å². The Morgan fingerprint density at radius 2 is 1.73 bits per heavy atom. The third-order valence-electron chi connectivity index (χ3n) is 5.22. The topological polar surface area (TPSA) is 32.3 Å². The number of rotatable bonds is 7. The van der Waals surface area contributed by atoms with E-state index in [-0.39, 0.29) is 17.9 Å². The van der Waals surface area contributed by atoms with Gasteiger partial charge in [0.25, 0.3) is 0 Å². The van der Waals surface area contributed by atoms with Gasteiger partial charge in [-0.1, -0.05) is 60.7 Å². The van der Waals surface area contributed by atoms with Gasteiger partial charge < -0.3 is 5.32 Å². The van der Waals surface area contributed by atoms with E-state index in [1.54, 1.807) is 0 Å². The van der Waals surface area contributed by atoms with E-state index in [2.05, 4.69) is 65.7 Å². The Hall–Kier alpha value is -2.13. The lowest BCUT2D eigenvalue weighted by Gasteiger charge is -2.32. The molecule has 1 heterocycles. The molecule has 1 saturated heterocycles. The average molecular weight is 351 g/mol. The standard InChI is InChI=1S/C23H30N2O/c1-19(14-15-20-9-4-2-5-10-20)24-23(26)22-13-8-16-25(18-22)17-21-11-6-3-7-12-21/h2-7,9-12,19,22H,8,13-18H2,1H3,(H,24,26)/t19-,22+/m1/s1. The van der Waals surface area contributed by atoms with Crippen LogP contribution in [0.4, 0.5) is 0 Å². The van der Waals surface area contributed by atoms with Crippen molar-refractivity contribution in [2.75, 3.05) is 13.1 Å². The SMILES string of the molecule is C[C@H](CCc1ccccc1)NC(=O)[C@H]1CCCN(Cc2ccccc2)C1. The van der Waals surface area contributed by atoms with Crippen molar-refractivity contribution in [3.8, 4) is 0 Å². The number of nitrogens with one attached hydrogen (secondary N) is 1. The average Bonchev–Trinajstić information content (AvgIpc) is 2.68. The molecular weight excluding hydrogens is 320 g/mol. The molecule has 2 aromatic carbocycles. The number of hydrogen-bond donors (Lipinski definition) is 1. The number of nitrogens with zero attached hydrogens (tertiary/aromatic N) is 1. The largest absolute Gasteiger partial charge is 0.353 e. The normalized spacial score (nSPS) is 19.0. The predicted octanol–water partition coefficient (Wildman–Crippen LogP) is 4.04. The minimum absolute atomic E-state index is 0.117. The first-order valence-electron chi connectivity index (χ1n) is 9.81. The third-order valence-corrected chi connectivity index (χ3v) is 5.22. The van der Waals surface area contributed by atoms with Crippen LogP contribution in [0.2, 0.25) is 0 Å². The maximum Gasteiger partial charge on any atom is 0.224 e. The van der Waals surface area contributed by atoms with Crippen molar-refractivity contribution in [2.24, 2.45) is 5.92 Å². The lowest BCUT2D eigenvalue weighted by Crippen LogP contribution is -2.45. The molecule has 2 atom stereocenters. The number of likely N-dealkylation sites (tertiary alicyclic amines) is 1. The Morgan fingerprint density at radius 3 is 2.42 bits per heavy atom. The molecule has 0 bridgehead atoms. The third kappa shape index (κ3) is 5.70. The van der Waals surface area contributed by atoms with Gasteiger partial charge in [0.1, 0.15) is 0 Å². The number of benzene rings is 2. The van der Waals surface area contributed by atoms with Crippen molar-refractivity contribution in [3.63, 3.8) is 0 Å². The summed E-state index contributed by atoms with van der Waals surface area (Å²) in [6, 6.07) is 21.2. The Morgan fingerprint density at radius 1 is 1.08 bits per heavy atom. The van der Waals surface area contributed by atoms with Gasteiger partial charge in [-0.15, -0.1) is 0 Å². The van der Waals surface area contributed by atoms with Gasteiger partial charge in [0.2, 0.25) is 5.91 Å². The van der Waals surface area contributed by atoms with Crippen LogP contribution in [0.15, 0.2) is 60.7 Å². The summed E-state index contributed by atoms with van der Waals surface area (Å²) < 4.78 is 0. The van der Waals surface area contributed by atoms with Crippen molar-refractivity contribution in [3.05, 3.63) is 71.8 Å². The molecule has 3 rings (SSSR count). The van der Waals surface area contributed by atoms with Crippen molar-refractivity contribution in [1.29, 1.82) is 0 Å². The number of aryl methyl sites for hydroxylation is 1. The van der Waals surface area contributed by atoms with Gasteiger partial charge in [-0.25, -0.2) is 0 Å². The van der Waals surface area contributed by atoms with Gasteiger partial charge in [0.05, 0.1) is 5.92 Å². The van der Waals surface area contributed by atoms with Crippen LogP contribution in [0.25, 0.3) is 0 Å². The second kappa shape index (κ2) is 9.54. The zero-order chi connectivity index (χ0) is 18.2. The van der Waals surface area contributed by atoms with E-state index in [4.69, 9.17) is 0 Å². The molecule has 1 amide bonds. The maximum atomic E-state index is 12.7. The van der Waals surface area contributed by atoms with Gasteiger partial charge in [-0.05, 0) is 50.3 Å². The molecule has 0 radical (unpaired) electrons. The molecular formula is C23H30N2O. The number of piperidine rings is 1. The zero-order valence-corrected chi connectivity index (χ0v) is 15.7. The minimum atomic E-state index is 0.117. The van der Waals surface area contributed by atoms with Crippen LogP contribution < -0.4 is 5.32 Å². The summed E-state index contributed by atoms with van der Waals surface area (Å²) in [4.78, 5) is 15.1. The van der Waals surface area contributed by atoms with Gasteiger partial charge >= 0.3 is 0 Å². The highest BCUT2D eigenvalue weighted by molar-refractivity contribution is 5.79. The quantitative estimate of drug-likeness (QED) is 0.817. The first-order valence-corrected chi connectivity index (χ1v) is 9.81. The summed E-state index contributed by atoms with van der Waals surface area (Å²) in [6.07, 6.45) is 4.09. The smallest absolute Gasteiger partial charge is 0.224 e. The molecule has 1 aliphatic rings. The Balaban J connectivity index is 1.44. The Bertz CT molecular complexity index is 671. The molecule has 3 heteroatoms. The van der Waals surface area contributed by atoms with Crippen molar-refractivity contribution < 1.29 is 4.79 Å². The van der Waals surface area contributed by atoms with Crippen molar-refractivity contribution in [2.45, 2.75) is 45.2 Å². The van der Waals surface area contributed by atoms with Crippen LogP contribution in [0.3, 0.4) is 0 Å². The molecule has 3 nitrogen and oxygen atoms in total. The number of carbonyl (C=O) groups excluding carboxylic acids is 1. The zero-order valence-electron chi connectivity index (χ0n) is 15.7. The molecule has 0 unspecified atom stereocenters. The minimum Gasteiger partial charge on any atom is -0.353 e. The van der Waals surface area contributed by atoms with E-state index >= 15 is 0 Å². The molecule has 1 N–H and O–H groups in total. The maximum absolute atomic E-state index is 12.7. The van der Waals surface area contributed by atoms with Crippen molar-refractivity contribution >= 4 is 5.91 Å². The highest BCUT2D eigenvalue weighted by atomic mass is 16.2. The van der Waals surface area contributed by atoms with Gasteiger partial charge in [0.15, 0.2) is 0 Å². The summed E-state index contributed by atoms with van der Waals surface area (Å²) in [5.41, 5.74) is 2.66. The Kier molecular flexibility index (Phi) is 6.84. The molecule has 2 aromatic rings. The van der Waals surface area contributed by atoms with Crippen molar-refractivity contribution in [1.82, 2.24) is 10.2 Å². The van der Waals surface area contributed by atoms with Crippen LogP contribution >= 0.6 is 0 Å². The second-order valence-electron chi connectivity index (χ2n) is 7.49. The monoisotopic (exact) mass is 350 g/mol. The molecule has 0 saturated carbocycles. The van der Waals surface area contributed by atoms with E-state index in [1.807, 2.05) is 12.1 Å². The fourth-order valence-electron chi connectivity index (χ4n) is 3.72. The van der Waals surface area contributed by atoms with Crippen LogP contribution in [0, 0.1) is 5.92 Å². The summed E-state index contributed by atoms with van der Waals surface area (Å²) in [5.74, 6) is 0.343. The number of hydrogen-bond acceptors (Lipinski definition) is 2. The summed E-state index contributed by atoms with van der Waals surface area (Å²) in [6.45, 7) is 5.01. The first kappa shape index (κ1) is 18.7. The van der Waals surface area contributed by atoms with E-state index in [9.17, 15) is 4.79 Å². The van der Waals surface area contributed by atoms with Gasteiger partial charge in [-0.3, -0.25) is 9.69 Å². The molecule has 0 spiro atoms.